The van der Waals surface area contributed by atoms with Gasteiger partial charge in [0.2, 0.25) is 24.5 Å². The van der Waals surface area contributed by atoms with Crippen LogP contribution < -0.4 is 24.8 Å². The van der Waals surface area contributed by atoms with Gasteiger partial charge in [-0.15, -0.1) is 0 Å². The van der Waals surface area contributed by atoms with Gasteiger partial charge in [0.15, 0.2) is 17.3 Å². The molecule has 0 fully saturated rings. The van der Waals surface area contributed by atoms with E-state index in [0.29, 0.717) is 28.6 Å². The van der Waals surface area contributed by atoms with Crippen molar-refractivity contribution in [2.24, 2.45) is 0 Å². The third-order valence-electron chi connectivity index (χ3n) is 6.06. The molecule has 0 saturated heterocycles. The molecule has 3 amide bonds. The molecule has 0 unspecified atom stereocenters. The fraction of sp³-hybridized carbons (Fsp3) is 0.379. The summed E-state index contributed by atoms with van der Waals surface area (Å²) in [6.07, 6.45) is -0.249. The van der Waals surface area contributed by atoms with E-state index in [9.17, 15) is 14.4 Å². The molecule has 1 aliphatic heterocycles. The molecular weight excluding hydrogens is 516 g/mol. The topological polar surface area (TPSA) is 132 Å². The number of aromatic nitrogens is 1. The number of anilines is 1. The molecule has 0 saturated carbocycles. The molecule has 2 heterocycles. The molecular formula is C29H34N4O7. The van der Waals surface area contributed by atoms with Crippen LogP contribution in [0.4, 0.5) is 5.82 Å². The highest BCUT2D eigenvalue weighted by molar-refractivity contribution is 5.94. The van der Waals surface area contributed by atoms with E-state index in [1.807, 2.05) is 26.8 Å². The van der Waals surface area contributed by atoms with Crippen LogP contribution in [0.1, 0.15) is 56.5 Å². The van der Waals surface area contributed by atoms with E-state index in [1.54, 1.807) is 56.5 Å². The smallest absolute Gasteiger partial charge is 0.247 e. The lowest BCUT2D eigenvalue weighted by atomic mass is 10.00. The second-order valence-electron chi connectivity index (χ2n) is 10.5. The lowest BCUT2D eigenvalue weighted by Gasteiger charge is -2.34. The van der Waals surface area contributed by atoms with E-state index in [-0.39, 0.29) is 43.8 Å². The molecule has 3 aromatic rings. The van der Waals surface area contributed by atoms with Gasteiger partial charge in [-0.05, 0) is 63.1 Å². The quantitative estimate of drug-likeness (QED) is 0.385. The second kappa shape index (κ2) is 12.1. The number of methoxy groups -OCH3 is 1. The summed E-state index contributed by atoms with van der Waals surface area (Å²) in [6.45, 7) is 7.53. The van der Waals surface area contributed by atoms with E-state index >= 15 is 0 Å². The van der Waals surface area contributed by atoms with Crippen LogP contribution in [0.5, 0.6) is 17.2 Å². The first kappa shape index (κ1) is 28.5. The Morgan fingerprint density at radius 3 is 2.40 bits per heavy atom. The average Bonchev–Trinajstić information content (AvgIpc) is 3.54. The number of fused-ring (bicyclic) bond motifs is 1. The first-order valence-electron chi connectivity index (χ1n) is 12.9. The zero-order valence-corrected chi connectivity index (χ0v) is 23.3. The monoisotopic (exact) mass is 550 g/mol. The van der Waals surface area contributed by atoms with Crippen molar-refractivity contribution in [1.29, 1.82) is 0 Å². The number of aryl methyl sites for hydroxylation is 1. The molecule has 212 valence electrons. The zero-order valence-electron chi connectivity index (χ0n) is 23.3. The van der Waals surface area contributed by atoms with E-state index < -0.39 is 17.5 Å². The molecule has 11 nitrogen and oxygen atoms in total. The second-order valence-corrected chi connectivity index (χ2v) is 10.5. The fourth-order valence-electron chi connectivity index (χ4n) is 4.25. The number of amides is 3. The van der Waals surface area contributed by atoms with Crippen LogP contribution in [0.2, 0.25) is 0 Å². The largest absolute Gasteiger partial charge is 0.497 e. The minimum atomic E-state index is -0.982. The van der Waals surface area contributed by atoms with Crippen molar-refractivity contribution in [3.63, 3.8) is 0 Å². The van der Waals surface area contributed by atoms with Gasteiger partial charge in [-0.2, -0.15) is 0 Å². The molecule has 1 aliphatic rings. The van der Waals surface area contributed by atoms with Crippen LogP contribution in [0.25, 0.3) is 0 Å². The molecule has 0 aliphatic carbocycles. The first-order valence-corrected chi connectivity index (χ1v) is 12.9. The molecule has 0 radical (unpaired) electrons. The summed E-state index contributed by atoms with van der Waals surface area (Å²) in [5.74, 6) is 1.48. The van der Waals surface area contributed by atoms with Gasteiger partial charge in [-0.3, -0.25) is 14.4 Å². The van der Waals surface area contributed by atoms with Crippen molar-refractivity contribution >= 4 is 23.5 Å². The summed E-state index contributed by atoms with van der Waals surface area (Å²) < 4.78 is 21.2. The standard InChI is InChI=1S/C29H34N4O7/c1-18-14-24(32-40-18)30-25(34)12-13-26(35)33(16-19-6-11-22-23(15-19)39-17-38-22)27(28(36)31-29(2,3)4)20-7-9-21(37-5)10-8-20/h6-11,14-15,27H,12-13,16-17H2,1-5H3,(H,31,36)(H,30,32,34)/t27-/m0/s1. The van der Waals surface area contributed by atoms with Gasteiger partial charge >= 0.3 is 0 Å². The summed E-state index contributed by atoms with van der Waals surface area (Å²) in [7, 11) is 1.56. The number of hydrogen-bond donors (Lipinski definition) is 2. The number of hydrogen-bond acceptors (Lipinski definition) is 8. The number of carbonyl (C=O) groups is 3. The predicted octanol–water partition coefficient (Wildman–Crippen LogP) is 4.12. The molecule has 4 rings (SSSR count). The predicted molar refractivity (Wildman–Crippen MR) is 146 cm³/mol. The molecule has 2 aromatic carbocycles. The maximum atomic E-state index is 13.8. The molecule has 0 spiro atoms. The van der Waals surface area contributed by atoms with Gasteiger partial charge in [0.1, 0.15) is 17.6 Å². The van der Waals surface area contributed by atoms with Gasteiger partial charge in [0.25, 0.3) is 0 Å². The van der Waals surface area contributed by atoms with Crippen LogP contribution in [-0.2, 0) is 20.9 Å². The minimum Gasteiger partial charge on any atom is -0.497 e. The third-order valence-corrected chi connectivity index (χ3v) is 6.06. The van der Waals surface area contributed by atoms with E-state index in [2.05, 4.69) is 15.8 Å². The Hall–Kier alpha value is -4.54. The summed E-state index contributed by atoms with van der Waals surface area (Å²) >= 11 is 0. The lowest BCUT2D eigenvalue weighted by molar-refractivity contribution is -0.142. The van der Waals surface area contributed by atoms with Gasteiger partial charge in [-0.1, -0.05) is 23.4 Å². The first-order chi connectivity index (χ1) is 19.0. The highest BCUT2D eigenvalue weighted by Crippen LogP contribution is 2.34. The number of nitrogens with one attached hydrogen (secondary N) is 2. The van der Waals surface area contributed by atoms with Crippen LogP contribution in [0.15, 0.2) is 53.1 Å². The van der Waals surface area contributed by atoms with Gasteiger partial charge in [-0.25, -0.2) is 0 Å². The number of nitrogens with zero attached hydrogens (tertiary/aromatic N) is 2. The maximum Gasteiger partial charge on any atom is 0.247 e. The molecule has 0 bridgehead atoms. The van der Waals surface area contributed by atoms with E-state index in [0.717, 1.165) is 5.56 Å². The zero-order chi connectivity index (χ0) is 28.9. The van der Waals surface area contributed by atoms with Crippen molar-refractivity contribution in [3.05, 3.63) is 65.4 Å². The Bertz CT molecular complexity index is 1360. The minimum absolute atomic E-state index is 0.0911. The molecule has 1 aromatic heterocycles. The third kappa shape index (κ3) is 7.31. The lowest BCUT2D eigenvalue weighted by Crippen LogP contribution is -2.49. The van der Waals surface area contributed by atoms with Crippen LogP contribution >= 0.6 is 0 Å². The van der Waals surface area contributed by atoms with Gasteiger partial charge < -0.3 is 34.3 Å². The molecule has 2 N–H and O–H groups in total. The van der Waals surface area contributed by atoms with Crippen molar-refractivity contribution in [2.75, 3.05) is 19.2 Å². The Kier molecular flexibility index (Phi) is 8.61. The van der Waals surface area contributed by atoms with Gasteiger partial charge in [0.05, 0.1) is 7.11 Å². The number of rotatable bonds is 10. The van der Waals surface area contributed by atoms with Crippen LogP contribution in [0.3, 0.4) is 0 Å². The molecule has 1 atom stereocenters. The van der Waals surface area contributed by atoms with Gasteiger partial charge in [0, 0.05) is 31.0 Å². The fourth-order valence-corrected chi connectivity index (χ4v) is 4.25. The molecule has 11 heteroatoms. The van der Waals surface area contributed by atoms with E-state index in [1.165, 1.54) is 4.90 Å². The summed E-state index contributed by atoms with van der Waals surface area (Å²) in [4.78, 5) is 41.6. The highest BCUT2D eigenvalue weighted by atomic mass is 16.7. The number of ether oxygens (including phenoxy) is 3. The number of benzene rings is 2. The average molecular weight is 551 g/mol. The Labute approximate surface area is 232 Å². The Balaban J connectivity index is 1.64. The van der Waals surface area contributed by atoms with Crippen molar-refractivity contribution in [1.82, 2.24) is 15.4 Å². The SMILES string of the molecule is COc1ccc([C@@H](C(=O)NC(C)(C)C)N(Cc2ccc3c(c2)OCO3)C(=O)CCC(=O)Nc2cc(C)on2)cc1. The van der Waals surface area contributed by atoms with Crippen LogP contribution in [-0.4, -0.2) is 47.2 Å². The Morgan fingerprint density at radius 2 is 1.75 bits per heavy atom. The van der Waals surface area contributed by atoms with E-state index in [4.69, 9.17) is 18.7 Å². The Morgan fingerprint density at radius 1 is 1.02 bits per heavy atom. The summed E-state index contributed by atoms with van der Waals surface area (Å²) in [6, 6.07) is 13.0. The maximum absolute atomic E-state index is 13.8. The van der Waals surface area contributed by atoms with Crippen molar-refractivity contribution in [2.45, 2.75) is 58.7 Å². The summed E-state index contributed by atoms with van der Waals surface area (Å²) in [5.41, 5.74) is 0.784. The van der Waals surface area contributed by atoms with Crippen molar-refractivity contribution < 1.29 is 33.1 Å². The van der Waals surface area contributed by atoms with Crippen molar-refractivity contribution in [3.8, 4) is 17.2 Å². The molecule has 40 heavy (non-hydrogen) atoms. The summed E-state index contributed by atoms with van der Waals surface area (Å²) in [5, 5.41) is 9.38. The normalized spacial score (nSPS) is 12.9. The van der Waals surface area contributed by atoms with Crippen LogP contribution in [0, 0.1) is 6.92 Å². The number of carbonyl (C=O) groups excluding carboxylic acids is 3. The highest BCUT2D eigenvalue weighted by Gasteiger charge is 2.34.